The highest BCUT2D eigenvalue weighted by atomic mass is 16.5. The molecule has 2 aliphatic heterocycles. The first-order valence-electron chi connectivity index (χ1n) is 7.61. The lowest BCUT2D eigenvalue weighted by Crippen LogP contribution is -2.38. The van der Waals surface area contributed by atoms with Gasteiger partial charge >= 0.3 is 0 Å². The molecule has 1 fully saturated rings. The van der Waals surface area contributed by atoms with Crippen LogP contribution in [-0.2, 0) is 6.42 Å². The van der Waals surface area contributed by atoms with Crippen molar-refractivity contribution in [3.8, 4) is 5.75 Å². The Balaban J connectivity index is 1.61. The average Bonchev–Trinajstić information content (AvgIpc) is 2.48. The third-order valence-electron chi connectivity index (χ3n) is 4.30. The molecule has 1 aromatic carbocycles. The molecule has 3 heteroatoms. The van der Waals surface area contributed by atoms with E-state index in [0.717, 1.165) is 31.7 Å². The Morgan fingerprint density at radius 3 is 2.95 bits per heavy atom. The van der Waals surface area contributed by atoms with Gasteiger partial charge in [-0.15, -0.1) is 0 Å². The first-order valence-corrected chi connectivity index (χ1v) is 7.61. The lowest BCUT2D eigenvalue weighted by Gasteiger charge is -2.31. The third kappa shape index (κ3) is 3.03. The predicted molar refractivity (Wildman–Crippen MR) is 79.0 cm³/mol. The zero-order chi connectivity index (χ0) is 13.1. The summed E-state index contributed by atoms with van der Waals surface area (Å²) in [6.07, 6.45) is 5.11. The van der Waals surface area contributed by atoms with Crippen LogP contribution in [0.1, 0.15) is 31.7 Å². The van der Waals surface area contributed by atoms with Gasteiger partial charge in [-0.3, -0.25) is 0 Å². The zero-order valence-corrected chi connectivity index (χ0v) is 11.8. The molecular weight excluding hydrogens is 236 g/mol. The SMILES string of the molecule is CCN1CCC(Oc2ccc3c(c2)CCCN3)CC1. The Kier molecular flexibility index (Phi) is 3.92. The van der Waals surface area contributed by atoms with Crippen molar-refractivity contribution < 1.29 is 4.74 Å². The minimum absolute atomic E-state index is 0.400. The van der Waals surface area contributed by atoms with Gasteiger partial charge in [0.1, 0.15) is 11.9 Å². The van der Waals surface area contributed by atoms with Crippen LogP contribution in [0.4, 0.5) is 5.69 Å². The molecule has 0 atom stereocenters. The van der Waals surface area contributed by atoms with Crippen molar-refractivity contribution in [2.45, 2.75) is 38.7 Å². The maximum absolute atomic E-state index is 6.16. The van der Waals surface area contributed by atoms with E-state index in [1.54, 1.807) is 0 Å². The lowest BCUT2D eigenvalue weighted by atomic mass is 10.0. The summed E-state index contributed by atoms with van der Waals surface area (Å²) in [5, 5.41) is 3.44. The van der Waals surface area contributed by atoms with Gasteiger partial charge in [0.15, 0.2) is 0 Å². The molecule has 104 valence electrons. The van der Waals surface area contributed by atoms with Crippen molar-refractivity contribution in [3.05, 3.63) is 23.8 Å². The first kappa shape index (κ1) is 12.8. The van der Waals surface area contributed by atoms with E-state index in [1.807, 2.05) is 0 Å². The second-order valence-corrected chi connectivity index (χ2v) is 5.60. The summed E-state index contributed by atoms with van der Waals surface area (Å²) in [7, 11) is 0. The number of likely N-dealkylation sites (tertiary alicyclic amines) is 1. The van der Waals surface area contributed by atoms with Gasteiger partial charge in [-0.05, 0) is 56.0 Å². The Hall–Kier alpha value is -1.22. The van der Waals surface area contributed by atoms with Crippen molar-refractivity contribution >= 4 is 5.69 Å². The highest BCUT2D eigenvalue weighted by molar-refractivity contribution is 5.55. The summed E-state index contributed by atoms with van der Waals surface area (Å²) in [5.74, 6) is 1.05. The number of hydrogen-bond acceptors (Lipinski definition) is 3. The van der Waals surface area contributed by atoms with E-state index in [4.69, 9.17) is 4.74 Å². The molecule has 2 heterocycles. The van der Waals surface area contributed by atoms with E-state index in [9.17, 15) is 0 Å². The van der Waals surface area contributed by atoms with Crippen LogP contribution >= 0.6 is 0 Å². The molecule has 2 aliphatic rings. The van der Waals surface area contributed by atoms with Crippen LogP contribution in [0.3, 0.4) is 0 Å². The van der Waals surface area contributed by atoms with Crippen LogP contribution in [0.25, 0.3) is 0 Å². The maximum atomic E-state index is 6.16. The number of nitrogens with one attached hydrogen (secondary N) is 1. The number of piperidine rings is 1. The van der Waals surface area contributed by atoms with Gasteiger partial charge in [0.05, 0.1) is 0 Å². The third-order valence-corrected chi connectivity index (χ3v) is 4.30. The normalized spacial score (nSPS) is 20.7. The van der Waals surface area contributed by atoms with E-state index in [2.05, 4.69) is 35.3 Å². The smallest absolute Gasteiger partial charge is 0.120 e. The van der Waals surface area contributed by atoms with E-state index in [-0.39, 0.29) is 0 Å². The zero-order valence-electron chi connectivity index (χ0n) is 11.8. The van der Waals surface area contributed by atoms with Gasteiger partial charge < -0.3 is 15.0 Å². The summed E-state index contributed by atoms with van der Waals surface area (Å²) < 4.78 is 6.16. The second-order valence-electron chi connectivity index (χ2n) is 5.60. The standard InChI is InChI=1S/C16H24N2O/c1-2-18-10-7-14(8-11-18)19-15-5-6-16-13(12-15)4-3-9-17-16/h5-6,12,14,17H,2-4,7-11H2,1H3. The summed E-state index contributed by atoms with van der Waals surface area (Å²) >= 11 is 0. The van der Waals surface area contributed by atoms with Crippen molar-refractivity contribution in [2.24, 2.45) is 0 Å². The van der Waals surface area contributed by atoms with Crippen LogP contribution < -0.4 is 10.1 Å². The van der Waals surface area contributed by atoms with Crippen molar-refractivity contribution in [3.63, 3.8) is 0 Å². The monoisotopic (exact) mass is 260 g/mol. The minimum atomic E-state index is 0.400. The fourth-order valence-electron chi connectivity index (χ4n) is 3.06. The molecule has 0 bridgehead atoms. The van der Waals surface area contributed by atoms with Gasteiger partial charge in [-0.2, -0.15) is 0 Å². The number of hydrogen-bond donors (Lipinski definition) is 1. The van der Waals surface area contributed by atoms with Gasteiger partial charge in [-0.25, -0.2) is 0 Å². The van der Waals surface area contributed by atoms with Crippen LogP contribution in [0.2, 0.25) is 0 Å². The predicted octanol–water partition coefficient (Wildman–Crippen LogP) is 2.91. The number of fused-ring (bicyclic) bond motifs is 1. The molecule has 1 aromatic rings. The second kappa shape index (κ2) is 5.83. The van der Waals surface area contributed by atoms with Crippen LogP contribution in [0, 0.1) is 0 Å². The number of benzene rings is 1. The number of ether oxygens (including phenoxy) is 1. The van der Waals surface area contributed by atoms with Crippen molar-refractivity contribution in [2.75, 3.05) is 31.5 Å². The van der Waals surface area contributed by atoms with Crippen LogP contribution in [0.5, 0.6) is 5.75 Å². The van der Waals surface area contributed by atoms with Crippen molar-refractivity contribution in [1.29, 1.82) is 0 Å². The molecule has 3 nitrogen and oxygen atoms in total. The topological polar surface area (TPSA) is 24.5 Å². The Labute approximate surface area is 115 Å². The Morgan fingerprint density at radius 2 is 2.16 bits per heavy atom. The minimum Gasteiger partial charge on any atom is -0.490 e. The lowest BCUT2D eigenvalue weighted by molar-refractivity contribution is 0.104. The van der Waals surface area contributed by atoms with Crippen LogP contribution in [0.15, 0.2) is 18.2 Å². The quantitative estimate of drug-likeness (QED) is 0.904. The molecule has 0 amide bonds. The van der Waals surface area contributed by atoms with E-state index >= 15 is 0 Å². The van der Waals surface area contributed by atoms with Gasteiger partial charge in [0.2, 0.25) is 0 Å². The Bertz CT molecular complexity index is 425. The first-order chi connectivity index (χ1) is 9.35. The fourth-order valence-corrected chi connectivity index (χ4v) is 3.06. The van der Waals surface area contributed by atoms with Gasteiger partial charge in [-0.1, -0.05) is 6.92 Å². The molecule has 1 saturated heterocycles. The van der Waals surface area contributed by atoms with E-state index in [0.29, 0.717) is 6.10 Å². The molecule has 1 N–H and O–H groups in total. The molecular formula is C16H24N2O. The molecule has 0 radical (unpaired) electrons. The average molecular weight is 260 g/mol. The Morgan fingerprint density at radius 1 is 1.32 bits per heavy atom. The van der Waals surface area contributed by atoms with Crippen molar-refractivity contribution in [1.82, 2.24) is 4.90 Å². The molecule has 0 aromatic heterocycles. The number of nitrogens with zero attached hydrogens (tertiary/aromatic N) is 1. The maximum Gasteiger partial charge on any atom is 0.120 e. The molecule has 0 saturated carbocycles. The summed E-state index contributed by atoms with van der Waals surface area (Å²) in [4.78, 5) is 2.50. The van der Waals surface area contributed by atoms with E-state index in [1.165, 1.54) is 37.2 Å². The summed E-state index contributed by atoms with van der Waals surface area (Å²) in [6, 6.07) is 6.52. The highest BCUT2D eigenvalue weighted by Gasteiger charge is 2.19. The molecule has 19 heavy (non-hydrogen) atoms. The van der Waals surface area contributed by atoms with Gasteiger partial charge in [0, 0.05) is 25.3 Å². The molecule has 0 aliphatic carbocycles. The fraction of sp³-hybridized carbons (Fsp3) is 0.625. The molecule has 3 rings (SSSR count). The molecule has 0 unspecified atom stereocenters. The van der Waals surface area contributed by atoms with Gasteiger partial charge in [0.25, 0.3) is 0 Å². The highest BCUT2D eigenvalue weighted by Crippen LogP contribution is 2.28. The largest absolute Gasteiger partial charge is 0.490 e. The summed E-state index contributed by atoms with van der Waals surface area (Å²) in [5.41, 5.74) is 2.70. The molecule has 0 spiro atoms. The summed E-state index contributed by atoms with van der Waals surface area (Å²) in [6.45, 7) is 6.85. The van der Waals surface area contributed by atoms with Crippen LogP contribution in [-0.4, -0.2) is 37.2 Å². The number of aryl methyl sites for hydroxylation is 1. The number of rotatable bonds is 3. The number of anilines is 1. The van der Waals surface area contributed by atoms with E-state index < -0.39 is 0 Å².